The molecule has 86 valence electrons. The van der Waals surface area contributed by atoms with E-state index >= 15 is 0 Å². The largest absolute Gasteiger partial charge is 0.337 e. The van der Waals surface area contributed by atoms with E-state index in [0.29, 0.717) is 16.7 Å². The Bertz CT molecular complexity index is 407. The standard InChI is InChI=1S/C10H14N4OS/c1-6-9(16-13-12-6)10(15)14-4-7-2-11-3-8(7)5-14/h7-8,11H,2-5H2,1H3/t7-,8+. The number of aromatic nitrogens is 2. The Morgan fingerprint density at radius 2 is 2.12 bits per heavy atom. The third-order valence-corrected chi connectivity index (χ3v) is 4.34. The lowest BCUT2D eigenvalue weighted by Crippen LogP contribution is -2.31. The molecule has 0 bridgehead atoms. The molecular formula is C10H14N4OS. The van der Waals surface area contributed by atoms with Gasteiger partial charge in [-0.05, 0) is 30.3 Å². The Balaban J connectivity index is 1.75. The van der Waals surface area contributed by atoms with E-state index in [1.807, 2.05) is 11.8 Å². The second kappa shape index (κ2) is 3.78. The van der Waals surface area contributed by atoms with Crippen LogP contribution in [-0.4, -0.2) is 46.6 Å². The molecular weight excluding hydrogens is 224 g/mol. The molecule has 0 aliphatic carbocycles. The normalized spacial score (nSPS) is 28.4. The molecule has 0 saturated carbocycles. The Hall–Kier alpha value is -1.01. The zero-order chi connectivity index (χ0) is 11.1. The van der Waals surface area contributed by atoms with Gasteiger partial charge in [0.25, 0.3) is 5.91 Å². The molecule has 2 aliphatic heterocycles. The number of nitrogens with one attached hydrogen (secondary N) is 1. The summed E-state index contributed by atoms with van der Waals surface area (Å²) in [5.41, 5.74) is 0.755. The summed E-state index contributed by atoms with van der Waals surface area (Å²) in [4.78, 5) is 14.9. The van der Waals surface area contributed by atoms with Crippen molar-refractivity contribution in [3.8, 4) is 0 Å². The number of amides is 1. The molecule has 3 heterocycles. The monoisotopic (exact) mass is 238 g/mol. The summed E-state index contributed by atoms with van der Waals surface area (Å²) in [7, 11) is 0. The molecule has 2 fully saturated rings. The first-order valence-corrected chi connectivity index (χ1v) is 6.32. The van der Waals surface area contributed by atoms with Gasteiger partial charge in [-0.2, -0.15) is 0 Å². The van der Waals surface area contributed by atoms with E-state index in [-0.39, 0.29) is 5.91 Å². The third kappa shape index (κ3) is 1.53. The predicted molar refractivity (Wildman–Crippen MR) is 60.4 cm³/mol. The van der Waals surface area contributed by atoms with Crippen molar-refractivity contribution in [2.24, 2.45) is 11.8 Å². The van der Waals surface area contributed by atoms with E-state index in [0.717, 1.165) is 31.9 Å². The van der Waals surface area contributed by atoms with Crippen LogP contribution in [-0.2, 0) is 0 Å². The highest BCUT2D eigenvalue weighted by molar-refractivity contribution is 7.07. The van der Waals surface area contributed by atoms with E-state index in [4.69, 9.17) is 0 Å². The van der Waals surface area contributed by atoms with Crippen molar-refractivity contribution in [1.29, 1.82) is 0 Å². The maximum absolute atomic E-state index is 12.2. The fourth-order valence-corrected chi connectivity index (χ4v) is 3.22. The molecule has 16 heavy (non-hydrogen) atoms. The predicted octanol–water partition coefficient (Wildman–Crippen LogP) is 0.138. The lowest BCUT2D eigenvalue weighted by molar-refractivity contribution is 0.0785. The van der Waals surface area contributed by atoms with Crippen LogP contribution in [0.1, 0.15) is 15.4 Å². The van der Waals surface area contributed by atoms with Gasteiger partial charge in [0.15, 0.2) is 0 Å². The summed E-state index contributed by atoms with van der Waals surface area (Å²) in [6, 6.07) is 0. The van der Waals surface area contributed by atoms with E-state index in [1.54, 1.807) is 0 Å². The van der Waals surface area contributed by atoms with Crippen LogP contribution in [0, 0.1) is 18.8 Å². The number of likely N-dealkylation sites (tertiary alicyclic amines) is 1. The molecule has 2 atom stereocenters. The van der Waals surface area contributed by atoms with Crippen LogP contribution in [0.3, 0.4) is 0 Å². The number of aryl methyl sites for hydroxylation is 1. The highest BCUT2D eigenvalue weighted by atomic mass is 32.1. The van der Waals surface area contributed by atoms with Crippen molar-refractivity contribution in [3.63, 3.8) is 0 Å². The number of carbonyl (C=O) groups excluding carboxylic acids is 1. The fraction of sp³-hybridized carbons (Fsp3) is 0.700. The summed E-state index contributed by atoms with van der Waals surface area (Å²) in [5, 5.41) is 7.26. The van der Waals surface area contributed by atoms with Gasteiger partial charge in [-0.3, -0.25) is 4.79 Å². The average Bonchev–Trinajstić information content (AvgIpc) is 2.89. The molecule has 0 spiro atoms. The van der Waals surface area contributed by atoms with Gasteiger partial charge in [-0.1, -0.05) is 4.49 Å². The highest BCUT2D eigenvalue weighted by Gasteiger charge is 2.38. The van der Waals surface area contributed by atoms with Crippen molar-refractivity contribution >= 4 is 17.4 Å². The SMILES string of the molecule is Cc1nnsc1C(=O)N1C[C@H]2CNC[C@H]2C1. The van der Waals surface area contributed by atoms with Crippen LogP contribution >= 0.6 is 11.5 Å². The second-order valence-corrected chi connectivity index (χ2v) is 5.33. The first-order chi connectivity index (χ1) is 7.75. The molecule has 3 rings (SSSR count). The molecule has 2 saturated heterocycles. The van der Waals surface area contributed by atoms with Gasteiger partial charge in [-0.15, -0.1) is 5.10 Å². The Morgan fingerprint density at radius 3 is 2.69 bits per heavy atom. The molecule has 1 aromatic rings. The maximum Gasteiger partial charge on any atom is 0.267 e. The summed E-state index contributed by atoms with van der Waals surface area (Å²) >= 11 is 1.20. The van der Waals surface area contributed by atoms with Gasteiger partial charge in [0, 0.05) is 26.2 Å². The Labute approximate surface area is 98.0 Å². The van der Waals surface area contributed by atoms with Crippen LogP contribution in [0.25, 0.3) is 0 Å². The molecule has 1 aromatic heterocycles. The molecule has 6 heteroatoms. The number of carbonyl (C=O) groups is 1. The van der Waals surface area contributed by atoms with Crippen molar-refractivity contribution in [2.75, 3.05) is 26.2 Å². The zero-order valence-electron chi connectivity index (χ0n) is 9.14. The van der Waals surface area contributed by atoms with Gasteiger partial charge in [0.2, 0.25) is 0 Å². The number of hydrogen-bond acceptors (Lipinski definition) is 5. The summed E-state index contributed by atoms with van der Waals surface area (Å²) in [6.07, 6.45) is 0. The van der Waals surface area contributed by atoms with E-state index in [1.165, 1.54) is 11.5 Å². The van der Waals surface area contributed by atoms with Gasteiger partial charge < -0.3 is 10.2 Å². The highest BCUT2D eigenvalue weighted by Crippen LogP contribution is 2.28. The topological polar surface area (TPSA) is 58.1 Å². The lowest BCUT2D eigenvalue weighted by Gasteiger charge is -2.16. The number of rotatable bonds is 1. The van der Waals surface area contributed by atoms with Crippen LogP contribution < -0.4 is 5.32 Å². The minimum Gasteiger partial charge on any atom is -0.337 e. The summed E-state index contributed by atoms with van der Waals surface area (Å²) in [5.74, 6) is 1.40. The number of hydrogen-bond donors (Lipinski definition) is 1. The first-order valence-electron chi connectivity index (χ1n) is 5.54. The number of fused-ring (bicyclic) bond motifs is 1. The molecule has 1 N–H and O–H groups in total. The van der Waals surface area contributed by atoms with Gasteiger partial charge in [0.1, 0.15) is 4.88 Å². The fourth-order valence-electron chi connectivity index (χ4n) is 2.59. The third-order valence-electron chi connectivity index (χ3n) is 3.52. The van der Waals surface area contributed by atoms with Crippen molar-refractivity contribution in [3.05, 3.63) is 10.6 Å². The van der Waals surface area contributed by atoms with Crippen LogP contribution in [0.2, 0.25) is 0 Å². The average molecular weight is 238 g/mol. The maximum atomic E-state index is 12.2. The Morgan fingerprint density at radius 1 is 1.44 bits per heavy atom. The summed E-state index contributed by atoms with van der Waals surface area (Å²) in [6.45, 7) is 5.71. The van der Waals surface area contributed by atoms with E-state index < -0.39 is 0 Å². The van der Waals surface area contributed by atoms with Crippen LogP contribution in [0.15, 0.2) is 0 Å². The molecule has 1 amide bonds. The molecule has 0 radical (unpaired) electrons. The minimum atomic E-state index is 0.113. The second-order valence-electron chi connectivity index (χ2n) is 4.58. The van der Waals surface area contributed by atoms with Crippen LogP contribution in [0.5, 0.6) is 0 Å². The van der Waals surface area contributed by atoms with E-state index in [2.05, 4.69) is 14.9 Å². The minimum absolute atomic E-state index is 0.113. The van der Waals surface area contributed by atoms with Crippen molar-refractivity contribution in [2.45, 2.75) is 6.92 Å². The first kappa shape index (κ1) is 10.2. The quantitative estimate of drug-likeness (QED) is 0.756. The lowest BCUT2D eigenvalue weighted by atomic mass is 10.0. The molecule has 5 nitrogen and oxygen atoms in total. The van der Waals surface area contributed by atoms with E-state index in [9.17, 15) is 4.79 Å². The zero-order valence-corrected chi connectivity index (χ0v) is 9.96. The smallest absolute Gasteiger partial charge is 0.267 e. The number of nitrogens with zero attached hydrogens (tertiary/aromatic N) is 3. The van der Waals surface area contributed by atoms with Crippen LogP contribution in [0.4, 0.5) is 0 Å². The molecule has 0 aromatic carbocycles. The molecule has 0 unspecified atom stereocenters. The van der Waals surface area contributed by atoms with Gasteiger partial charge in [0.05, 0.1) is 5.69 Å². The van der Waals surface area contributed by atoms with Crippen molar-refractivity contribution in [1.82, 2.24) is 19.8 Å². The van der Waals surface area contributed by atoms with Gasteiger partial charge >= 0.3 is 0 Å². The molecule has 2 aliphatic rings. The summed E-state index contributed by atoms with van der Waals surface area (Å²) < 4.78 is 3.82. The van der Waals surface area contributed by atoms with Crippen molar-refractivity contribution < 1.29 is 4.79 Å². The Kier molecular flexibility index (Phi) is 2.40. The van der Waals surface area contributed by atoms with Gasteiger partial charge in [-0.25, -0.2) is 0 Å².